The Morgan fingerprint density at radius 1 is 0.805 bits per heavy atom. The normalized spacial score (nSPS) is 16.7. The van der Waals surface area contributed by atoms with Gasteiger partial charge in [-0.1, -0.05) is 60.7 Å². The summed E-state index contributed by atoms with van der Waals surface area (Å²) in [5.74, 6) is -0.599. The topological polar surface area (TPSA) is 128 Å². The van der Waals surface area contributed by atoms with Gasteiger partial charge in [0, 0.05) is 47.8 Å². The maximum absolute atomic E-state index is 13.6. The van der Waals surface area contributed by atoms with Gasteiger partial charge in [0.15, 0.2) is 0 Å². The standard InChI is InChI=1S/C31H26N4O6/c1-41-31(36)29-27(32-23-12-4-2-5-13-23)20-28(21-10-8-16-25(18-21)34(37)38)33(24-14-6-3-7-15-24)30(29)22-11-9-17-26(19-22)35(39)40/h2-19,28,30,32H,20H2,1H3/t28-,30-/m0/s1. The van der Waals surface area contributed by atoms with Crippen LogP contribution in [0.2, 0.25) is 0 Å². The zero-order valence-electron chi connectivity index (χ0n) is 22.0. The van der Waals surface area contributed by atoms with Gasteiger partial charge in [0.1, 0.15) is 0 Å². The van der Waals surface area contributed by atoms with E-state index >= 15 is 0 Å². The third-order valence-electron chi connectivity index (χ3n) is 7.00. The van der Waals surface area contributed by atoms with Gasteiger partial charge in [0.2, 0.25) is 0 Å². The molecule has 1 aliphatic rings. The smallest absolute Gasteiger partial charge is 0.337 e. The zero-order valence-corrected chi connectivity index (χ0v) is 22.0. The van der Waals surface area contributed by atoms with Crippen molar-refractivity contribution < 1.29 is 19.4 Å². The summed E-state index contributed by atoms with van der Waals surface area (Å²) in [7, 11) is 1.29. The van der Waals surface area contributed by atoms with Gasteiger partial charge in [-0.2, -0.15) is 0 Å². The fourth-order valence-electron chi connectivity index (χ4n) is 5.23. The average Bonchev–Trinajstić information content (AvgIpc) is 3.01. The zero-order chi connectivity index (χ0) is 28.9. The molecule has 0 bridgehead atoms. The minimum absolute atomic E-state index is 0.0669. The summed E-state index contributed by atoms with van der Waals surface area (Å²) in [4.78, 5) is 38.1. The lowest BCUT2D eigenvalue weighted by Crippen LogP contribution is -2.41. The van der Waals surface area contributed by atoms with E-state index in [9.17, 15) is 25.0 Å². The second-order valence-electron chi connectivity index (χ2n) is 9.44. The summed E-state index contributed by atoms with van der Waals surface area (Å²) in [6, 6.07) is 29.8. The highest BCUT2D eigenvalue weighted by Gasteiger charge is 2.42. The lowest BCUT2D eigenvalue weighted by molar-refractivity contribution is -0.385. The van der Waals surface area contributed by atoms with E-state index < -0.39 is 27.9 Å². The van der Waals surface area contributed by atoms with Gasteiger partial charge in [-0.15, -0.1) is 0 Å². The molecule has 0 spiro atoms. The van der Waals surface area contributed by atoms with Gasteiger partial charge in [-0.3, -0.25) is 20.2 Å². The van der Waals surface area contributed by atoms with Gasteiger partial charge < -0.3 is 15.0 Å². The molecule has 206 valence electrons. The van der Waals surface area contributed by atoms with Crippen LogP contribution in [0.25, 0.3) is 0 Å². The van der Waals surface area contributed by atoms with E-state index in [4.69, 9.17) is 4.74 Å². The number of esters is 1. The van der Waals surface area contributed by atoms with Crippen LogP contribution < -0.4 is 10.2 Å². The van der Waals surface area contributed by atoms with Crippen molar-refractivity contribution in [3.63, 3.8) is 0 Å². The third-order valence-corrected chi connectivity index (χ3v) is 7.00. The van der Waals surface area contributed by atoms with Crippen LogP contribution in [0.3, 0.4) is 0 Å². The Hall–Kier alpha value is -5.51. The van der Waals surface area contributed by atoms with Gasteiger partial charge >= 0.3 is 5.97 Å². The number of para-hydroxylation sites is 2. The number of nitrogens with zero attached hydrogens (tertiary/aromatic N) is 3. The molecule has 0 saturated heterocycles. The molecular weight excluding hydrogens is 524 g/mol. The molecule has 4 aromatic carbocycles. The molecular formula is C31H26N4O6. The van der Waals surface area contributed by atoms with Crippen molar-refractivity contribution in [3.05, 3.63) is 152 Å². The number of nitro groups is 2. The second kappa shape index (κ2) is 11.7. The summed E-state index contributed by atoms with van der Waals surface area (Å²) in [6.45, 7) is 0. The van der Waals surface area contributed by atoms with E-state index in [1.807, 2.05) is 65.6 Å². The van der Waals surface area contributed by atoms with Crippen molar-refractivity contribution in [2.75, 3.05) is 17.3 Å². The Bertz CT molecular complexity index is 1620. The predicted octanol–water partition coefficient (Wildman–Crippen LogP) is 6.73. The van der Waals surface area contributed by atoms with Crippen molar-refractivity contribution in [1.82, 2.24) is 0 Å². The number of anilines is 2. The number of hydrogen-bond donors (Lipinski definition) is 1. The number of carbonyl (C=O) groups excluding carboxylic acids is 1. The lowest BCUT2D eigenvalue weighted by atomic mass is 9.84. The highest BCUT2D eigenvalue weighted by molar-refractivity contribution is 5.93. The minimum Gasteiger partial charge on any atom is -0.466 e. The van der Waals surface area contributed by atoms with Gasteiger partial charge in [-0.25, -0.2) is 4.79 Å². The number of methoxy groups -OCH3 is 1. The molecule has 0 aliphatic carbocycles. The van der Waals surface area contributed by atoms with E-state index in [-0.39, 0.29) is 23.4 Å². The van der Waals surface area contributed by atoms with Crippen LogP contribution >= 0.6 is 0 Å². The van der Waals surface area contributed by atoms with E-state index in [2.05, 4.69) is 5.32 Å². The number of ether oxygens (including phenoxy) is 1. The molecule has 1 aliphatic heterocycles. The molecule has 10 nitrogen and oxygen atoms in total. The Morgan fingerprint density at radius 2 is 1.37 bits per heavy atom. The van der Waals surface area contributed by atoms with Crippen LogP contribution in [0.5, 0.6) is 0 Å². The number of carbonyl (C=O) groups is 1. The van der Waals surface area contributed by atoms with E-state index in [0.717, 1.165) is 11.4 Å². The third kappa shape index (κ3) is 5.62. The van der Waals surface area contributed by atoms with E-state index in [1.54, 1.807) is 24.3 Å². The van der Waals surface area contributed by atoms with Crippen molar-refractivity contribution >= 4 is 28.7 Å². The number of nitrogens with one attached hydrogen (secondary N) is 1. The SMILES string of the molecule is COC(=O)C1=C(Nc2ccccc2)C[C@@H](c2cccc([N+](=O)[O-])c2)N(c2ccccc2)[C@H]1c1cccc([N+](=O)[O-])c1. The van der Waals surface area contributed by atoms with Crippen LogP contribution in [0.4, 0.5) is 22.7 Å². The van der Waals surface area contributed by atoms with Crippen molar-refractivity contribution in [2.24, 2.45) is 0 Å². The molecule has 0 radical (unpaired) electrons. The molecule has 0 unspecified atom stereocenters. The Kier molecular flexibility index (Phi) is 7.73. The molecule has 5 rings (SSSR count). The monoisotopic (exact) mass is 550 g/mol. The Balaban J connectivity index is 1.81. The molecule has 0 fully saturated rings. The minimum atomic E-state index is -0.839. The largest absolute Gasteiger partial charge is 0.466 e. The number of rotatable bonds is 8. The first-order chi connectivity index (χ1) is 19.9. The summed E-state index contributed by atoms with van der Waals surface area (Å²) in [5, 5.41) is 26.8. The van der Waals surface area contributed by atoms with E-state index in [1.165, 1.54) is 31.4 Å². The van der Waals surface area contributed by atoms with Gasteiger partial charge in [0.05, 0.1) is 34.6 Å². The second-order valence-corrected chi connectivity index (χ2v) is 9.44. The molecule has 0 aromatic heterocycles. The average molecular weight is 551 g/mol. The van der Waals surface area contributed by atoms with Gasteiger partial charge in [0.25, 0.3) is 11.4 Å². The number of benzene rings is 4. The first-order valence-electron chi connectivity index (χ1n) is 12.8. The summed E-state index contributed by atoms with van der Waals surface area (Å²) >= 11 is 0. The highest BCUT2D eigenvalue weighted by Crippen LogP contribution is 2.48. The fourth-order valence-corrected chi connectivity index (χ4v) is 5.23. The van der Waals surface area contributed by atoms with Gasteiger partial charge in [-0.05, 0) is 35.4 Å². The van der Waals surface area contributed by atoms with Crippen LogP contribution in [-0.2, 0) is 9.53 Å². The van der Waals surface area contributed by atoms with E-state index in [0.29, 0.717) is 16.8 Å². The first-order valence-corrected chi connectivity index (χ1v) is 12.8. The van der Waals surface area contributed by atoms with Crippen molar-refractivity contribution in [2.45, 2.75) is 18.5 Å². The first kappa shape index (κ1) is 27.1. The van der Waals surface area contributed by atoms with Crippen LogP contribution in [0.1, 0.15) is 29.6 Å². The van der Waals surface area contributed by atoms with Crippen molar-refractivity contribution in [1.29, 1.82) is 0 Å². The Morgan fingerprint density at radius 3 is 1.95 bits per heavy atom. The molecule has 4 aromatic rings. The number of nitro benzene ring substituents is 2. The molecule has 41 heavy (non-hydrogen) atoms. The van der Waals surface area contributed by atoms with Crippen LogP contribution in [0, 0.1) is 20.2 Å². The molecule has 0 amide bonds. The predicted molar refractivity (Wildman–Crippen MR) is 154 cm³/mol. The van der Waals surface area contributed by atoms with Crippen LogP contribution in [0.15, 0.2) is 120 Å². The molecule has 1 heterocycles. The fraction of sp³-hybridized carbons (Fsp3) is 0.129. The number of non-ortho nitro benzene ring substituents is 2. The quantitative estimate of drug-likeness (QED) is 0.145. The summed E-state index contributed by atoms with van der Waals surface area (Å²) < 4.78 is 5.28. The number of hydrogen-bond acceptors (Lipinski definition) is 8. The Labute approximate surface area is 235 Å². The molecule has 1 N–H and O–H groups in total. The maximum atomic E-state index is 13.6. The molecule has 10 heteroatoms. The lowest BCUT2D eigenvalue weighted by Gasteiger charge is -2.45. The van der Waals surface area contributed by atoms with Crippen LogP contribution in [-0.4, -0.2) is 22.9 Å². The maximum Gasteiger partial charge on any atom is 0.337 e. The highest BCUT2D eigenvalue weighted by atomic mass is 16.6. The molecule has 2 atom stereocenters. The summed E-state index contributed by atoms with van der Waals surface area (Å²) in [5.41, 5.74) is 3.22. The molecule has 0 saturated carbocycles. The van der Waals surface area contributed by atoms with Crippen molar-refractivity contribution in [3.8, 4) is 0 Å². The summed E-state index contributed by atoms with van der Waals surface area (Å²) in [6.07, 6.45) is 0.265.